The minimum atomic E-state index is -4.25. The summed E-state index contributed by atoms with van der Waals surface area (Å²) >= 11 is 5.87. The Morgan fingerprint density at radius 1 is 0.614 bits per heavy atom. The van der Waals surface area contributed by atoms with Crippen molar-refractivity contribution in [3.8, 4) is 39.1 Å². The quantitative estimate of drug-likeness (QED) is 0.111. The van der Waals surface area contributed by atoms with Crippen LogP contribution in [0, 0.1) is 23.3 Å². The first-order chi connectivity index (χ1) is 21.1. The Bertz CT molecular complexity index is 1740. The maximum Gasteiger partial charge on any atom is 0.429 e. The maximum absolute atomic E-state index is 15.0. The van der Waals surface area contributed by atoms with Gasteiger partial charge in [0.1, 0.15) is 29.0 Å². The Hall–Kier alpha value is -4.23. The van der Waals surface area contributed by atoms with E-state index in [9.17, 15) is 8.78 Å². The van der Waals surface area contributed by atoms with Gasteiger partial charge in [-0.3, -0.25) is 0 Å². The number of ether oxygens (including phenoxy) is 1. The van der Waals surface area contributed by atoms with Crippen LogP contribution in [0.5, 0.6) is 5.75 Å². The van der Waals surface area contributed by atoms with Gasteiger partial charge in [0, 0.05) is 22.7 Å². The third-order valence-electron chi connectivity index (χ3n) is 7.31. The normalized spacial score (nSPS) is 11.5. The van der Waals surface area contributed by atoms with E-state index in [-0.39, 0.29) is 11.1 Å². The van der Waals surface area contributed by atoms with Crippen LogP contribution in [-0.4, -0.2) is 0 Å². The van der Waals surface area contributed by atoms with Crippen molar-refractivity contribution in [2.75, 3.05) is 0 Å². The Labute approximate surface area is 256 Å². The molecule has 0 atom stereocenters. The standard InChI is InChI=1S/C36H27ClF6O/c1-2-3-4-5-22-6-8-23(9-7-22)25-13-17-30(32(39)18-25)36(42,43)44-28-20-33(40)35(34(41)21-28)26-12-16-29(31(38)19-26)24-10-14-27(37)15-11-24/h6-21H,2-5H2,1H3. The lowest BCUT2D eigenvalue weighted by Crippen LogP contribution is -2.23. The zero-order valence-electron chi connectivity index (χ0n) is 23.6. The lowest BCUT2D eigenvalue weighted by Gasteiger charge is -2.20. The zero-order chi connectivity index (χ0) is 31.4. The highest BCUT2D eigenvalue weighted by Gasteiger charge is 2.38. The summed E-state index contributed by atoms with van der Waals surface area (Å²) in [7, 11) is 0. The smallest absolute Gasteiger partial charge is 0.429 e. The molecule has 0 aromatic heterocycles. The van der Waals surface area contributed by atoms with Crippen molar-refractivity contribution in [3.63, 3.8) is 0 Å². The summed E-state index contributed by atoms with van der Waals surface area (Å²) in [5, 5.41) is 0.459. The number of hydrogen-bond donors (Lipinski definition) is 0. The van der Waals surface area contributed by atoms with Crippen molar-refractivity contribution in [1.82, 2.24) is 0 Å². The van der Waals surface area contributed by atoms with E-state index in [4.69, 9.17) is 11.6 Å². The fourth-order valence-electron chi connectivity index (χ4n) is 5.00. The number of benzene rings is 5. The number of aryl methyl sites for hydroxylation is 1. The molecule has 0 aliphatic heterocycles. The highest BCUT2D eigenvalue weighted by Crippen LogP contribution is 2.38. The summed E-state index contributed by atoms with van der Waals surface area (Å²) < 4.78 is 94.6. The van der Waals surface area contributed by atoms with Crippen molar-refractivity contribution < 1.29 is 31.1 Å². The van der Waals surface area contributed by atoms with E-state index in [1.165, 1.54) is 18.2 Å². The maximum atomic E-state index is 15.0. The fourth-order valence-corrected chi connectivity index (χ4v) is 5.12. The first kappa shape index (κ1) is 31.2. The van der Waals surface area contributed by atoms with Crippen molar-refractivity contribution in [3.05, 3.63) is 136 Å². The van der Waals surface area contributed by atoms with E-state index < -0.39 is 46.3 Å². The molecule has 0 aliphatic carbocycles. The summed E-state index contributed by atoms with van der Waals surface area (Å²) in [5.74, 6) is -5.38. The van der Waals surface area contributed by atoms with Gasteiger partial charge >= 0.3 is 6.11 Å². The fraction of sp³-hybridized carbons (Fsp3) is 0.167. The Balaban J connectivity index is 1.34. The van der Waals surface area contributed by atoms with Gasteiger partial charge < -0.3 is 4.74 Å². The van der Waals surface area contributed by atoms with Crippen LogP contribution < -0.4 is 4.74 Å². The van der Waals surface area contributed by atoms with E-state index in [0.717, 1.165) is 49.4 Å². The van der Waals surface area contributed by atoms with E-state index in [1.807, 2.05) is 12.1 Å². The number of rotatable bonds is 10. The average Bonchev–Trinajstić information content (AvgIpc) is 2.97. The van der Waals surface area contributed by atoms with Crippen LogP contribution in [0.4, 0.5) is 26.3 Å². The summed E-state index contributed by atoms with van der Waals surface area (Å²) in [6, 6.07) is 21.6. The molecule has 0 N–H and O–H groups in total. The van der Waals surface area contributed by atoms with Gasteiger partial charge in [0.15, 0.2) is 0 Å². The largest absolute Gasteiger partial charge is 0.429 e. The second-order valence-corrected chi connectivity index (χ2v) is 10.9. The highest BCUT2D eigenvalue weighted by atomic mass is 35.5. The van der Waals surface area contributed by atoms with Crippen LogP contribution >= 0.6 is 11.6 Å². The predicted molar refractivity (Wildman–Crippen MR) is 162 cm³/mol. The van der Waals surface area contributed by atoms with Gasteiger partial charge in [0.2, 0.25) is 0 Å². The molecule has 5 rings (SSSR count). The van der Waals surface area contributed by atoms with E-state index in [2.05, 4.69) is 11.7 Å². The van der Waals surface area contributed by atoms with Crippen molar-refractivity contribution in [1.29, 1.82) is 0 Å². The zero-order valence-corrected chi connectivity index (χ0v) is 24.4. The summed E-state index contributed by atoms with van der Waals surface area (Å²) in [4.78, 5) is 0. The van der Waals surface area contributed by atoms with Crippen molar-refractivity contribution >= 4 is 11.6 Å². The van der Waals surface area contributed by atoms with Crippen molar-refractivity contribution in [2.24, 2.45) is 0 Å². The molecule has 0 amide bonds. The Morgan fingerprint density at radius 3 is 1.82 bits per heavy atom. The van der Waals surface area contributed by atoms with Crippen molar-refractivity contribution in [2.45, 2.75) is 38.7 Å². The molecule has 44 heavy (non-hydrogen) atoms. The van der Waals surface area contributed by atoms with Crippen LogP contribution in [0.25, 0.3) is 33.4 Å². The molecule has 0 bridgehead atoms. The molecule has 0 heterocycles. The third kappa shape index (κ3) is 6.94. The van der Waals surface area contributed by atoms with E-state index >= 15 is 17.6 Å². The van der Waals surface area contributed by atoms with Crippen LogP contribution in [0.2, 0.25) is 5.02 Å². The molecule has 8 heteroatoms. The SMILES string of the molecule is CCCCCc1ccc(-c2ccc(C(F)(F)Oc3cc(F)c(-c4ccc(-c5ccc(Cl)cc5)c(F)c4)c(F)c3)c(F)c2)cc1. The van der Waals surface area contributed by atoms with Gasteiger partial charge in [-0.1, -0.05) is 86.0 Å². The topological polar surface area (TPSA) is 9.23 Å². The number of halogens is 7. The number of hydrogen-bond acceptors (Lipinski definition) is 1. The summed E-state index contributed by atoms with van der Waals surface area (Å²) in [5.41, 5.74) is 0.971. The van der Waals surface area contributed by atoms with Gasteiger partial charge in [-0.15, -0.1) is 0 Å². The van der Waals surface area contributed by atoms with Crippen LogP contribution in [0.15, 0.2) is 97.1 Å². The van der Waals surface area contributed by atoms with Gasteiger partial charge in [0.25, 0.3) is 0 Å². The first-order valence-electron chi connectivity index (χ1n) is 14.1. The molecule has 5 aromatic rings. The van der Waals surface area contributed by atoms with Gasteiger partial charge in [-0.05, 0) is 71.0 Å². The lowest BCUT2D eigenvalue weighted by atomic mass is 9.99. The molecule has 0 unspecified atom stereocenters. The van der Waals surface area contributed by atoms with Gasteiger partial charge in [-0.2, -0.15) is 8.78 Å². The molecular weight excluding hydrogens is 598 g/mol. The molecule has 0 saturated heterocycles. The monoisotopic (exact) mass is 624 g/mol. The average molecular weight is 625 g/mol. The van der Waals surface area contributed by atoms with Crippen LogP contribution in [-0.2, 0) is 12.5 Å². The van der Waals surface area contributed by atoms with Crippen LogP contribution in [0.1, 0.15) is 37.3 Å². The Morgan fingerprint density at radius 2 is 1.20 bits per heavy atom. The minimum Gasteiger partial charge on any atom is -0.429 e. The molecule has 0 fully saturated rings. The minimum absolute atomic E-state index is 0.149. The predicted octanol–water partition coefficient (Wildman–Crippen LogP) is 11.8. The molecule has 226 valence electrons. The van der Waals surface area contributed by atoms with Crippen LogP contribution in [0.3, 0.4) is 0 Å². The summed E-state index contributed by atoms with van der Waals surface area (Å²) in [6.45, 7) is 2.12. The van der Waals surface area contributed by atoms with Gasteiger partial charge in [-0.25, -0.2) is 17.6 Å². The molecular formula is C36H27ClF6O. The second kappa shape index (κ2) is 13.2. The molecule has 5 aromatic carbocycles. The first-order valence-corrected chi connectivity index (χ1v) is 14.4. The number of unbranched alkanes of at least 4 members (excludes halogenated alkanes) is 2. The molecule has 1 nitrogen and oxygen atoms in total. The molecule has 0 spiro atoms. The molecule has 0 radical (unpaired) electrons. The van der Waals surface area contributed by atoms with E-state index in [1.54, 1.807) is 36.4 Å². The Kier molecular flexibility index (Phi) is 9.35. The lowest BCUT2D eigenvalue weighted by molar-refractivity contribution is -0.187. The molecule has 0 aliphatic rings. The number of alkyl halides is 2. The highest BCUT2D eigenvalue weighted by molar-refractivity contribution is 6.30. The second-order valence-electron chi connectivity index (χ2n) is 10.4. The van der Waals surface area contributed by atoms with E-state index in [0.29, 0.717) is 33.8 Å². The van der Waals surface area contributed by atoms with Gasteiger partial charge in [0.05, 0.1) is 11.1 Å². The molecule has 0 saturated carbocycles. The third-order valence-corrected chi connectivity index (χ3v) is 7.57. The summed E-state index contributed by atoms with van der Waals surface area (Å²) in [6.07, 6.45) is -0.0519.